The molecular weight excluding hydrogens is 677 g/mol. The highest BCUT2D eigenvalue weighted by Crippen LogP contribution is 2.55. The molecule has 0 aromatic carbocycles. The summed E-state index contributed by atoms with van der Waals surface area (Å²) in [4.78, 5) is 0. The zero-order valence-electron chi connectivity index (χ0n) is 45.5. The molecule has 1 heterocycles. The van der Waals surface area contributed by atoms with E-state index in [1.807, 2.05) is 0 Å². The van der Waals surface area contributed by atoms with Gasteiger partial charge in [-0.3, -0.25) is 0 Å². The molecule has 1 aliphatic heterocycles. The van der Waals surface area contributed by atoms with E-state index in [1.165, 1.54) is 38.5 Å². The van der Waals surface area contributed by atoms with Gasteiger partial charge in [-0.05, 0) is 122 Å². The van der Waals surface area contributed by atoms with Crippen molar-refractivity contribution in [2.75, 3.05) is 0 Å². The third-order valence-electron chi connectivity index (χ3n) is 11.6. The molecule has 0 spiro atoms. The van der Waals surface area contributed by atoms with E-state index in [0.29, 0.717) is 72.8 Å². The minimum atomic E-state index is 0.278. The highest BCUT2D eigenvalue weighted by molar-refractivity contribution is 5.02. The monoisotopic (exact) mass is 791 g/mol. The standard InChI is InChI=1S/C22H44O.C18H38.C15H32/c1-19(2,3)13-15-17(21(7,8)9)18(22(10,11)12)16(23-15)14-20(4,5)6;1-11-18(12-15(2,3)4,13-16(5,6)7)14-17(8,9)10;1-13(2,3)10-12(15(7,8)9)11-14(4,5)6/h15-18H,13-14H2,1-12H3;11-14H2,1-10H3;12H,10-11H2,1-9H3. The molecule has 1 aliphatic rings. The maximum absolute atomic E-state index is 6.79. The Hall–Kier alpha value is -0.0400. The first-order valence-electron chi connectivity index (χ1n) is 23.6. The molecule has 0 saturated carbocycles. The van der Waals surface area contributed by atoms with Crippen LogP contribution in [0.4, 0.5) is 0 Å². The summed E-state index contributed by atoms with van der Waals surface area (Å²) >= 11 is 0. The molecule has 0 aromatic heterocycles. The first kappa shape index (κ1) is 58.1. The summed E-state index contributed by atoms with van der Waals surface area (Å²) in [6.45, 7) is 73.8. The van der Waals surface area contributed by atoms with Gasteiger partial charge in [0, 0.05) is 0 Å². The van der Waals surface area contributed by atoms with Crippen LogP contribution in [-0.2, 0) is 4.74 Å². The molecule has 4 unspecified atom stereocenters. The Morgan fingerprint density at radius 3 is 0.750 bits per heavy atom. The van der Waals surface area contributed by atoms with E-state index in [1.54, 1.807) is 0 Å². The summed E-state index contributed by atoms with van der Waals surface area (Å²) in [5.74, 6) is 2.06. The van der Waals surface area contributed by atoms with Gasteiger partial charge in [0.05, 0.1) is 12.2 Å². The van der Waals surface area contributed by atoms with E-state index in [9.17, 15) is 0 Å². The Balaban J connectivity index is 0. The van der Waals surface area contributed by atoms with Crippen LogP contribution in [0.3, 0.4) is 0 Å². The number of rotatable bonds is 8. The third kappa shape index (κ3) is 26.9. The lowest BCUT2D eigenvalue weighted by Gasteiger charge is -2.45. The van der Waals surface area contributed by atoms with Gasteiger partial charge < -0.3 is 4.74 Å². The minimum Gasteiger partial charge on any atom is -0.374 e. The topological polar surface area (TPSA) is 9.23 Å². The molecule has 0 amide bonds. The van der Waals surface area contributed by atoms with Crippen molar-refractivity contribution in [3.63, 3.8) is 0 Å². The second kappa shape index (κ2) is 19.8. The lowest BCUT2D eigenvalue weighted by atomic mass is 9.60. The summed E-state index contributed by atoms with van der Waals surface area (Å²) in [5.41, 5.74) is 4.27. The van der Waals surface area contributed by atoms with Crippen LogP contribution < -0.4 is 0 Å². The number of hydrogen-bond acceptors (Lipinski definition) is 1. The van der Waals surface area contributed by atoms with Crippen LogP contribution >= 0.6 is 0 Å². The molecular formula is C55H114O. The second-order valence-corrected chi connectivity index (χ2v) is 31.2. The van der Waals surface area contributed by atoms with Gasteiger partial charge in [0.2, 0.25) is 0 Å². The molecule has 1 heteroatoms. The molecule has 0 aromatic rings. The largest absolute Gasteiger partial charge is 0.374 e. The van der Waals surface area contributed by atoms with Crippen molar-refractivity contribution in [1.82, 2.24) is 0 Å². The van der Waals surface area contributed by atoms with Gasteiger partial charge in [-0.25, -0.2) is 0 Å². The van der Waals surface area contributed by atoms with Crippen molar-refractivity contribution in [1.29, 1.82) is 0 Å². The van der Waals surface area contributed by atoms with Gasteiger partial charge in [-0.1, -0.05) is 221 Å². The minimum absolute atomic E-state index is 0.278. The summed E-state index contributed by atoms with van der Waals surface area (Å²) in [6, 6.07) is 0. The summed E-state index contributed by atoms with van der Waals surface area (Å²) < 4.78 is 6.79. The molecule has 1 saturated heterocycles. The molecule has 1 nitrogen and oxygen atoms in total. The number of ether oxygens (including phenoxy) is 1. The van der Waals surface area contributed by atoms with Crippen LogP contribution in [-0.4, -0.2) is 12.2 Å². The molecule has 4 atom stereocenters. The Morgan fingerprint density at radius 2 is 0.607 bits per heavy atom. The van der Waals surface area contributed by atoms with Crippen molar-refractivity contribution < 1.29 is 4.74 Å². The van der Waals surface area contributed by atoms with Crippen LogP contribution in [0.1, 0.15) is 266 Å². The van der Waals surface area contributed by atoms with Crippen molar-refractivity contribution >= 4 is 0 Å². The zero-order valence-corrected chi connectivity index (χ0v) is 45.5. The lowest BCUT2D eigenvalue weighted by molar-refractivity contribution is -0.0219. The average molecular weight is 792 g/mol. The molecule has 1 rings (SSSR count). The zero-order chi connectivity index (χ0) is 45.8. The molecule has 56 heavy (non-hydrogen) atoms. The van der Waals surface area contributed by atoms with Gasteiger partial charge in [0.25, 0.3) is 0 Å². The second-order valence-electron chi connectivity index (χ2n) is 31.2. The fourth-order valence-corrected chi connectivity index (χ4v) is 10.7. The van der Waals surface area contributed by atoms with Gasteiger partial charge in [-0.15, -0.1) is 0 Å². The maximum atomic E-state index is 6.79. The third-order valence-corrected chi connectivity index (χ3v) is 11.6. The van der Waals surface area contributed by atoms with E-state index < -0.39 is 0 Å². The quantitative estimate of drug-likeness (QED) is 0.238. The van der Waals surface area contributed by atoms with Crippen LogP contribution in [0.2, 0.25) is 0 Å². The maximum Gasteiger partial charge on any atom is 0.0621 e. The first-order valence-corrected chi connectivity index (χ1v) is 23.6. The highest BCUT2D eigenvalue weighted by atomic mass is 16.5. The lowest BCUT2D eigenvalue weighted by Crippen LogP contribution is -2.41. The molecule has 0 N–H and O–H groups in total. The van der Waals surface area contributed by atoms with Gasteiger partial charge in [0.15, 0.2) is 0 Å². The molecule has 1 fully saturated rings. The average Bonchev–Trinajstić information content (AvgIpc) is 3.14. The van der Waals surface area contributed by atoms with Gasteiger partial charge >= 0.3 is 0 Å². The summed E-state index contributed by atoms with van der Waals surface area (Å²) in [7, 11) is 0. The molecule has 0 bridgehead atoms. The van der Waals surface area contributed by atoms with Crippen LogP contribution in [0.5, 0.6) is 0 Å². The smallest absolute Gasteiger partial charge is 0.0621 e. The van der Waals surface area contributed by atoms with Crippen molar-refractivity contribution in [2.24, 2.45) is 77.3 Å². The van der Waals surface area contributed by atoms with Crippen LogP contribution in [0, 0.1) is 77.3 Å². The SMILES string of the molecule is CC(C)(C)CC(CC(C)(C)C)C(C)(C)C.CC(C)(C)CC1OC(CC(C)(C)C)C(C(C)(C)C)C1C(C)(C)C.CCC(CC(C)(C)C)(CC(C)(C)C)CC(C)(C)C. The Labute approximate surface area is 359 Å². The van der Waals surface area contributed by atoms with Gasteiger partial charge in [-0.2, -0.15) is 0 Å². The molecule has 0 aliphatic carbocycles. The first-order chi connectivity index (χ1) is 23.9. The van der Waals surface area contributed by atoms with E-state index in [0.717, 1.165) is 18.8 Å². The summed E-state index contributed by atoms with van der Waals surface area (Å²) in [6.07, 6.45) is 11.0. The predicted molar refractivity (Wildman–Crippen MR) is 259 cm³/mol. The predicted octanol–water partition coefficient (Wildman–Crippen LogP) is 19.2. The van der Waals surface area contributed by atoms with Crippen LogP contribution in [0.15, 0.2) is 0 Å². The van der Waals surface area contributed by atoms with Gasteiger partial charge in [0.1, 0.15) is 0 Å². The Kier molecular flexibility index (Phi) is 20.5. The normalized spacial score (nSPS) is 21.4. The molecule has 340 valence electrons. The summed E-state index contributed by atoms with van der Waals surface area (Å²) in [5, 5.41) is 0. The number of hydrogen-bond donors (Lipinski definition) is 0. The van der Waals surface area contributed by atoms with E-state index >= 15 is 0 Å². The van der Waals surface area contributed by atoms with Crippen molar-refractivity contribution in [3.05, 3.63) is 0 Å². The van der Waals surface area contributed by atoms with E-state index in [2.05, 4.69) is 215 Å². The van der Waals surface area contributed by atoms with E-state index in [-0.39, 0.29) is 10.8 Å². The highest BCUT2D eigenvalue weighted by Gasteiger charge is 2.54. The van der Waals surface area contributed by atoms with E-state index in [4.69, 9.17) is 4.74 Å². The van der Waals surface area contributed by atoms with Crippen molar-refractivity contribution in [3.8, 4) is 0 Å². The van der Waals surface area contributed by atoms with Crippen LogP contribution in [0.25, 0.3) is 0 Å². The Morgan fingerprint density at radius 1 is 0.357 bits per heavy atom. The fraction of sp³-hybridized carbons (Fsp3) is 1.00. The molecule has 0 radical (unpaired) electrons. The van der Waals surface area contributed by atoms with Crippen molar-refractivity contribution in [2.45, 2.75) is 278 Å². The Bertz CT molecular complexity index is 984. The fourth-order valence-electron chi connectivity index (χ4n) is 10.7.